The predicted molar refractivity (Wildman–Crippen MR) is 72.9 cm³/mol. The molecule has 0 aliphatic heterocycles. The molecule has 0 amide bonds. The maximum Gasteiger partial charge on any atom is 0.113 e. The normalized spacial score (nSPS) is 12.5. The molecule has 0 saturated heterocycles. The molecule has 0 aliphatic rings. The van der Waals surface area contributed by atoms with Gasteiger partial charge in [0.05, 0.1) is 12.0 Å². The third-order valence-corrected chi connectivity index (χ3v) is 3.64. The minimum Gasteiger partial charge on any atom is -0.468 e. The molecular weight excluding hydrogens is 230 g/mol. The van der Waals surface area contributed by atoms with E-state index in [-0.39, 0.29) is 6.04 Å². The van der Waals surface area contributed by atoms with Gasteiger partial charge in [0, 0.05) is 6.04 Å². The molecule has 90 valence electrons. The molecule has 1 heterocycles. The Balaban J connectivity index is 1.68. The number of hydrogen-bond acceptors (Lipinski definition) is 3. The van der Waals surface area contributed by atoms with Gasteiger partial charge in [0.15, 0.2) is 0 Å². The first-order chi connectivity index (χ1) is 8.36. The molecule has 0 bridgehead atoms. The van der Waals surface area contributed by atoms with Crippen molar-refractivity contribution < 1.29 is 4.42 Å². The summed E-state index contributed by atoms with van der Waals surface area (Å²) >= 11 is 1.86. The van der Waals surface area contributed by atoms with Crippen molar-refractivity contribution in [3.8, 4) is 0 Å². The van der Waals surface area contributed by atoms with Crippen molar-refractivity contribution in [2.45, 2.75) is 18.2 Å². The number of furan rings is 1. The highest BCUT2D eigenvalue weighted by Crippen LogP contribution is 2.19. The first-order valence-corrected chi connectivity index (χ1v) is 6.92. The summed E-state index contributed by atoms with van der Waals surface area (Å²) in [6.45, 7) is 0. The topological polar surface area (TPSA) is 39.2 Å². The van der Waals surface area contributed by atoms with E-state index in [4.69, 9.17) is 10.2 Å². The quantitative estimate of drug-likeness (QED) is 0.793. The summed E-state index contributed by atoms with van der Waals surface area (Å²) in [6.07, 6.45) is 2.71. The molecule has 1 aromatic heterocycles. The number of hydrogen-bond donors (Lipinski definition) is 1. The fraction of sp³-hybridized carbons (Fsp3) is 0.286. The Hall–Kier alpha value is -1.19. The first-order valence-electron chi connectivity index (χ1n) is 5.77. The van der Waals surface area contributed by atoms with E-state index < -0.39 is 0 Å². The second kappa shape index (κ2) is 6.52. The van der Waals surface area contributed by atoms with Gasteiger partial charge in [-0.3, -0.25) is 0 Å². The lowest BCUT2D eigenvalue weighted by molar-refractivity contribution is 0.530. The summed E-state index contributed by atoms with van der Waals surface area (Å²) < 4.78 is 5.27. The van der Waals surface area contributed by atoms with Crippen LogP contribution < -0.4 is 5.73 Å². The monoisotopic (exact) mass is 247 g/mol. The third kappa shape index (κ3) is 3.95. The minimum absolute atomic E-state index is 0.139. The van der Waals surface area contributed by atoms with Crippen LogP contribution in [0.4, 0.5) is 0 Å². The van der Waals surface area contributed by atoms with Crippen LogP contribution in [0.25, 0.3) is 0 Å². The lowest BCUT2D eigenvalue weighted by Crippen LogP contribution is -2.10. The zero-order valence-corrected chi connectivity index (χ0v) is 10.5. The Morgan fingerprint density at radius 3 is 2.65 bits per heavy atom. The van der Waals surface area contributed by atoms with Crippen molar-refractivity contribution in [3.05, 3.63) is 60.1 Å². The van der Waals surface area contributed by atoms with E-state index in [0.29, 0.717) is 0 Å². The van der Waals surface area contributed by atoms with Crippen LogP contribution in [0, 0.1) is 0 Å². The SMILES string of the molecule is N[C@@H](CCSCc1ccco1)c1ccccc1. The highest BCUT2D eigenvalue weighted by molar-refractivity contribution is 7.98. The second-order valence-electron chi connectivity index (χ2n) is 3.94. The van der Waals surface area contributed by atoms with E-state index in [1.807, 2.05) is 42.1 Å². The zero-order chi connectivity index (χ0) is 11.9. The highest BCUT2D eigenvalue weighted by Gasteiger charge is 2.05. The van der Waals surface area contributed by atoms with Gasteiger partial charge in [0.1, 0.15) is 5.76 Å². The Labute approximate surface area is 106 Å². The Morgan fingerprint density at radius 2 is 1.94 bits per heavy atom. The van der Waals surface area contributed by atoms with E-state index in [1.165, 1.54) is 5.56 Å². The Bertz CT molecular complexity index is 413. The number of benzene rings is 1. The summed E-state index contributed by atoms with van der Waals surface area (Å²) in [5.41, 5.74) is 7.33. The van der Waals surface area contributed by atoms with Gasteiger partial charge in [-0.2, -0.15) is 11.8 Å². The standard InChI is InChI=1S/C14H17NOS/c15-14(12-5-2-1-3-6-12)8-10-17-11-13-7-4-9-16-13/h1-7,9,14H,8,10-11,15H2/t14-/m0/s1. The van der Waals surface area contributed by atoms with Crippen LogP contribution in [0.2, 0.25) is 0 Å². The van der Waals surface area contributed by atoms with Crippen LogP contribution >= 0.6 is 11.8 Å². The summed E-state index contributed by atoms with van der Waals surface area (Å²) in [4.78, 5) is 0. The molecular formula is C14H17NOS. The molecule has 0 fully saturated rings. The molecule has 0 spiro atoms. The van der Waals surface area contributed by atoms with Gasteiger partial charge < -0.3 is 10.2 Å². The molecule has 2 nitrogen and oxygen atoms in total. The van der Waals surface area contributed by atoms with Gasteiger partial charge in [-0.05, 0) is 29.9 Å². The molecule has 2 rings (SSSR count). The van der Waals surface area contributed by atoms with Crippen LogP contribution in [-0.4, -0.2) is 5.75 Å². The Morgan fingerprint density at radius 1 is 1.12 bits per heavy atom. The van der Waals surface area contributed by atoms with Gasteiger partial charge in [0.2, 0.25) is 0 Å². The van der Waals surface area contributed by atoms with Gasteiger partial charge in [-0.25, -0.2) is 0 Å². The van der Waals surface area contributed by atoms with E-state index in [2.05, 4.69) is 12.1 Å². The van der Waals surface area contributed by atoms with Gasteiger partial charge in [-0.15, -0.1) is 0 Å². The van der Waals surface area contributed by atoms with Gasteiger partial charge >= 0.3 is 0 Å². The number of rotatable bonds is 6. The third-order valence-electron chi connectivity index (χ3n) is 2.63. The van der Waals surface area contributed by atoms with Crippen molar-refractivity contribution >= 4 is 11.8 Å². The fourth-order valence-corrected chi connectivity index (χ4v) is 2.58. The van der Waals surface area contributed by atoms with Crippen LogP contribution in [-0.2, 0) is 5.75 Å². The van der Waals surface area contributed by atoms with Gasteiger partial charge in [0.25, 0.3) is 0 Å². The predicted octanol–water partition coefficient (Wildman–Crippen LogP) is 3.60. The smallest absolute Gasteiger partial charge is 0.113 e. The molecule has 0 aliphatic carbocycles. The molecule has 0 unspecified atom stereocenters. The maximum absolute atomic E-state index is 6.12. The van der Waals surface area contributed by atoms with E-state index >= 15 is 0 Å². The minimum atomic E-state index is 0.139. The maximum atomic E-state index is 6.12. The van der Waals surface area contributed by atoms with Crippen LogP contribution in [0.3, 0.4) is 0 Å². The molecule has 0 radical (unpaired) electrons. The lowest BCUT2D eigenvalue weighted by atomic mass is 10.1. The largest absolute Gasteiger partial charge is 0.468 e. The molecule has 3 heteroatoms. The van der Waals surface area contributed by atoms with Crippen molar-refractivity contribution in [3.63, 3.8) is 0 Å². The zero-order valence-electron chi connectivity index (χ0n) is 9.71. The van der Waals surface area contributed by atoms with E-state index in [1.54, 1.807) is 6.26 Å². The summed E-state index contributed by atoms with van der Waals surface area (Å²) in [6, 6.07) is 14.3. The highest BCUT2D eigenvalue weighted by atomic mass is 32.2. The molecule has 2 aromatic rings. The lowest BCUT2D eigenvalue weighted by Gasteiger charge is -2.11. The molecule has 2 N–H and O–H groups in total. The van der Waals surface area contributed by atoms with Crippen LogP contribution in [0.5, 0.6) is 0 Å². The molecule has 1 atom stereocenters. The average molecular weight is 247 g/mol. The summed E-state index contributed by atoms with van der Waals surface area (Å²) in [5, 5.41) is 0. The summed E-state index contributed by atoms with van der Waals surface area (Å²) in [5.74, 6) is 3.01. The van der Waals surface area contributed by atoms with Crippen molar-refractivity contribution in [1.82, 2.24) is 0 Å². The number of thioether (sulfide) groups is 1. The molecule has 1 aromatic carbocycles. The second-order valence-corrected chi connectivity index (χ2v) is 5.04. The van der Waals surface area contributed by atoms with Crippen molar-refractivity contribution in [1.29, 1.82) is 0 Å². The average Bonchev–Trinajstić information content (AvgIpc) is 2.88. The van der Waals surface area contributed by atoms with Crippen LogP contribution in [0.15, 0.2) is 53.1 Å². The van der Waals surface area contributed by atoms with Crippen molar-refractivity contribution in [2.75, 3.05) is 5.75 Å². The van der Waals surface area contributed by atoms with Gasteiger partial charge in [-0.1, -0.05) is 30.3 Å². The first kappa shape index (κ1) is 12.3. The molecule has 0 saturated carbocycles. The Kier molecular flexibility index (Phi) is 4.71. The van der Waals surface area contributed by atoms with E-state index in [0.717, 1.165) is 23.7 Å². The van der Waals surface area contributed by atoms with Crippen LogP contribution in [0.1, 0.15) is 23.8 Å². The number of nitrogens with two attached hydrogens (primary N) is 1. The fourth-order valence-electron chi connectivity index (χ4n) is 1.64. The van der Waals surface area contributed by atoms with Crippen molar-refractivity contribution in [2.24, 2.45) is 5.73 Å². The molecule has 17 heavy (non-hydrogen) atoms. The summed E-state index contributed by atoms with van der Waals surface area (Å²) in [7, 11) is 0. The van der Waals surface area contributed by atoms with E-state index in [9.17, 15) is 0 Å².